The Morgan fingerprint density at radius 2 is 1.84 bits per heavy atom. The normalized spacial score (nSPS) is 17.8. The summed E-state index contributed by atoms with van der Waals surface area (Å²) in [6.45, 7) is 3.47. The van der Waals surface area contributed by atoms with Gasteiger partial charge in [0.15, 0.2) is 11.5 Å². The lowest BCUT2D eigenvalue weighted by molar-refractivity contribution is -0.125. The molecule has 7 heteroatoms. The van der Waals surface area contributed by atoms with Crippen molar-refractivity contribution < 1.29 is 14.3 Å². The Hall–Kier alpha value is -3.42. The molecule has 0 aliphatic carbocycles. The molecular weight excluding hydrogens is 392 g/mol. The average molecular weight is 418 g/mol. The van der Waals surface area contributed by atoms with Crippen LogP contribution in [0.3, 0.4) is 0 Å². The van der Waals surface area contributed by atoms with Gasteiger partial charge < -0.3 is 14.8 Å². The molecule has 1 amide bonds. The van der Waals surface area contributed by atoms with Gasteiger partial charge in [-0.15, -0.1) is 0 Å². The number of benzene rings is 2. The van der Waals surface area contributed by atoms with E-state index in [4.69, 9.17) is 9.47 Å². The molecule has 0 saturated carbocycles. The van der Waals surface area contributed by atoms with Crippen LogP contribution in [0.25, 0.3) is 0 Å². The summed E-state index contributed by atoms with van der Waals surface area (Å²) >= 11 is 0. The van der Waals surface area contributed by atoms with E-state index in [0.29, 0.717) is 37.1 Å². The Morgan fingerprint density at radius 1 is 1.06 bits per heavy atom. The maximum Gasteiger partial charge on any atom is 0.226 e. The first-order valence-corrected chi connectivity index (χ1v) is 10.4. The number of hydrogen-bond donors (Lipinski definition) is 3. The largest absolute Gasteiger partial charge is 0.490 e. The van der Waals surface area contributed by atoms with Crippen molar-refractivity contribution in [2.45, 2.75) is 19.5 Å². The number of aromatic nitrogens is 1. The minimum atomic E-state index is -0.187. The molecule has 2 heterocycles. The Balaban J connectivity index is 1.34. The van der Waals surface area contributed by atoms with E-state index >= 15 is 0 Å². The van der Waals surface area contributed by atoms with Crippen LogP contribution < -0.4 is 25.6 Å². The number of pyridine rings is 1. The Bertz CT molecular complexity index is 995. The third-order valence-corrected chi connectivity index (χ3v) is 5.11. The number of nitrogens with zero attached hydrogens (tertiary/aromatic N) is 1. The molecule has 1 saturated heterocycles. The van der Waals surface area contributed by atoms with Crippen LogP contribution in [-0.4, -0.2) is 24.0 Å². The van der Waals surface area contributed by atoms with E-state index in [1.807, 2.05) is 67.6 Å². The number of carbonyl (C=O) groups excluding carboxylic acids is 1. The fourth-order valence-electron chi connectivity index (χ4n) is 3.54. The van der Waals surface area contributed by atoms with Gasteiger partial charge in [0.1, 0.15) is 0 Å². The topological polar surface area (TPSA) is 84.5 Å². The van der Waals surface area contributed by atoms with Crippen LogP contribution in [0.5, 0.6) is 17.4 Å². The highest BCUT2D eigenvalue weighted by molar-refractivity contribution is 5.80. The highest BCUT2D eigenvalue weighted by atomic mass is 16.5. The molecule has 2 unspecified atom stereocenters. The standard InChI is InChI=1S/C24H26N4O3/c1-2-30-20-10-6-7-11-21(20)31-22-13-12-17(14-25-22)15-26-24(29)19-16-27-28-23(19)18-8-4-3-5-9-18/h3-14,19,23,27-28H,2,15-16H2,1H3,(H,26,29). The summed E-state index contributed by atoms with van der Waals surface area (Å²) < 4.78 is 11.4. The van der Waals surface area contributed by atoms with E-state index < -0.39 is 0 Å². The van der Waals surface area contributed by atoms with Crippen molar-refractivity contribution in [2.24, 2.45) is 5.92 Å². The molecule has 0 radical (unpaired) electrons. The van der Waals surface area contributed by atoms with Crippen LogP contribution in [0.1, 0.15) is 24.1 Å². The van der Waals surface area contributed by atoms with Crippen molar-refractivity contribution in [2.75, 3.05) is 13.2 Å². The first-order valence-electron chi connectivity index (χ1n) is 10.4. The van der Waals surface area contributed by atoms with Crippen molar-refractivity contribution in [3.63, 3.8) is 0 Å². The van der Waals surface area contributed by atoms with Crippen molar-refractivity contribution in [1.29, 1.82) is 0 Å². The summed E-state index contributed by atoms with van der Waals surface area (Å²) in [4.78, 5) is 17.1. The number of ether oxygens (including phenoxy) is 2. The second kappa shape index (κ2) is 10.1. The van der Waals surface area contributed by atoms with Gasteiger partial charge >= 0.3 is 0 Å². The van der Waals surface area contributed by atoms with Crippen molar-refractivity contribution in [3.8, 4) is 17.4 Å². The van der Waals surface area contributed by atoms with E-state index in [-0.39, 0.29) is 17.9 Å². The highest BCUT2D eigenvalue weighted by Gasteiger charge is 2.33. The lowest BCUT2D eigenvalue weighted by Crippen LogP contribution is -2.34. The first kappa shape index (κ1) is 20.8. The van der Waals surface area contributed by atoms with E-state index in [1.54, 1.807) is 12.3 Å². The van der Waals surface area contributed by atoms with Crippen LogP contribution >= 0.6 is 0 Å². The van der Waals surface area contributed by atoms with Crippen LogP contribution in [0.4, 0.5) is 0 Å². The molecule has 4 rings (SSSR count). The van der Waals surface area contributed by atoms with Gasteiger partial charge in [0.05, 0.1) is 18.6 Å². The van der Waals surface area contributed by atoms with Gasteiger partial charge in [-0.3, -0.25) is 10.2 Å². The van der Waals surface area contributed by atoms with Gasteiger partial charge in [-0.1, -0.05) is 48.5 Å². The first-order chi connectivity index (χ1) is 15.2. The summed E-state index contributed by atoms with van der Waals surface area (Å²) in [6.07, 6.45) is 1.71. The fraction of sp³-hybridized carbons (Fsp3) is 0.250. The van der Waals surface area contributed by atoms with Crippen molar-refractivity contribution in [3.05, 3.63) is 84.1 Å². The zero-order chi connectivity index (χ0) is 21.5. The van der Waals surface area contributed by atoms with Gasteiger partial charge in [0.2, 0.25) is 11.8 Å². The molecule has 7 nitrogen and oxygen atoms in total. The maximum atomic E-state index is 12.8. The Kier molecular flexibility index (Phi) is 6.76. The molecule has 0 spiro atoms. The molecule has 1 fully saturated rings. The third-order valence-electron chi connectivity index (χ3n) is 5.11. The minimum Gasteiger partial charge on any atom is -0.490 e. The number of rotatable bonds is 8. The molecule has 1 aliphatic heterocycles. The van der Waals surface area contributed by atoms with Gasteiger partial charge in [0, 0.05) is 25.4 Å². The molecule has 160 valence electrons. The van der Waals surface area contributed by atoms with E-state index in [1.165, 1.54) is 0 Å². The SMILES string of the molecule is CCOc1ccccc1Oc1ccc(CNC(=O)C2CNNC2c2ccccc2)cn1. The second-order valence-electron chi connectivity index (χ2n) is 7.22. The molecule has 3 aromatic rings. The Labute approximate surface area is 181 Å². The predicted molar refractivity (Wildman–Crippen MR) is 118 cm³/mol. The van der Waals surface area contributed by atoms with E-state index in [0.717, 1.165) is 11.1 Å². The summed E-state index contributed by atoms with van der Waals surface area (Å²) in [5.74, 6) is 1.57. The van der Waals surface area contributed by atoms with E-state index in [2.05, 4.69) is 21.2 Å². The number of para-hydroxylation sites is 2. The number of nitrogens with one attached hydrogen (secondary N) is 3. The monoisotopic (exact) mass is 418 g/mol. The van der Waals surface area contributed by atoms with Gasteiger partial charge in [-0.05, 0) is 30.2 Å². The molecule has 31 heavy (non-hydrogen) atoms. The lowest BCUT2D eigenvalue weighted by atomic mass is 9.94. The lowest BCUT2D eigenvalue weighted by Gasteiger charge is -2.18. The molecule has 1 aromatic heterocycles. The van der Waals surface area contributed by atoms with Crippen LogP contribution in [-0.2, 0) is 11.3 Å². The maximum absolute atomic E-state index is 12.8. The quantitative estimate of drug-likeness (QED) is 0.520. The summed E-state index contributed by atoms with van der Waals surface area (Å²) in [5.41, 5.74) is 8.27. The summed E-state index contributed by atoms with van der Waals surface area (Å²) in [6, 6.07) is 21.1. The molecule has 1 aliphatic rings. The van der Waals surface area contributed by atoms with Gasteiger partial charge in [0.25, 0.3) is 0 Å². The fourth-order valence-corrected chi connectivity index (χ4v) is 3.54. The van der Waals surface area contributed by atoms with Crippen molar-refractivity contribution >= 4 is 5.91 Å². The second-order valence-corrected chi connectivity index (χ2v) is 7.22. The summed E-state index contributed by atoms with van der Waals surface area (Å²) in [5, 5.41) is 3.02. The number of hydrazine groups is 1. The molecule has 2 atom stereocenters. The van der Waals surface area contributed by atoms with Gasteiger partial charge in [-0.25, -0.2) is 10.4 Å². The average Bonchev–Trinajstić information content (AvgIpc) is 3.31. The molecule has 3 N–H and O–H groups in total. The minimum absolute atomic E-state index is 0.00248. The van der Waals surface area contributed by atoms with Crippen molar-refractivity contribution in [1.82, 2.24) is 21.2 Å². The van der Waals surface area contributed by atoms with Crippen LogP contribution in [0, 0.1) is 5.92 Å². The number of hydrogen-bond acceptors (Lipinski definition) is 6. The predicted octanol–water partition coefficient (Wildman–Crippen LogP) is 3.35. The molecule has 0 bridgehead atoms. The van der Waals surface area contributed by atoms with Crippen LogP contribution in [0.2, 0.25) is 0 Å². The highest BCUT2D eigenvalue weighted by Crippen LogP contribution is 2.30. The molecule has 2 aromatic carbocycles. The Morgan fingerprint density at radius 3 is 2.58 bits per heavy atom. The number of carbonyl (C=O) groups is 1. The van der Waals surface area contributed by atoms with Crippen LogP contribution in [0.15, 0.2) is 72.9 Å². The van der Waals surface area contributed by atoms with E-state index in [9.17, 15) is 4.79 Å². The zero-order valence-electron chi connectivity index (χ0n) is 17.4. The third kappa shape index (κ3) is 5.20. The summed E-state index contributed by atoms with van der Waals surface area (Å²) in [7, 11) is 0. The van der Waals surface area contributed by atoms with Gasteiger partial charge in [-0.2, -0.15) is 0 Å². The molecular formula is C24H26N4O3. The number of amides is 1. The zero-order valence-corrected chi connectivity index (χ0v) is 17.4. The smallest absolute Gasteiger partial charge is 0.226 e.